The maximum Gasteiger partial charge on any atom is 0.0624 e. The first kappa shape index (κ1) is 9.24. The molecule has 1 rings (SSSR count). The highest BCUT2D eigenvalue weighted by Gasteiger charge is 2.33. The molecule has 1 heterocycles. The van der Waals surface area contributed by atoms with Crippen molar-refractivity contribution in [3.05, 3.63) is 23.4 Å². The van der Waals surface area contributed by atoms with Gasteiger partial charge in [0.2, 0.25) is 0 Å². The van der Waals surface area contributed by atoms with E-state index in [1.54, 1.807) is 0 Å². The summed E-state index contributed by atoms with van der Waals surface area (Å²) in [6.07, 6.45) is 4.24. The fourth-order valence-electron chi connectivity index (χ4n) is 1.62. The van der Waals surface area contributed by atoms with E-state index in [1.165, 1.54) is 11.3 Å². The van der Waals surface area contributed by atoms with E-state index in [4.69, 9.17) is 0 Å². The number of hydrogen-bond acceptors (Lipinski definition) is 1. The van der Waals surface area contributed by atoms with Gasteiger partial charge >= 0.3 is 0 Å². The predicted molar refractivity (Wildman–Crippen MR) is 54.4 cm³/mol. The van der Waals surface area contributed by atoms with Gasteiger partial charge in [0.25, 0.3) is 0 Å². The van der Waals surface area contributed by atoms with Crippen LogP contribution in [0.2, 0.25) is 0 Å². The lowest BCUT2D eigenvalue weighted by Gasteiger charge is -2.20. The zero-order chi connectivity index (χ0) is 9.35. The molecule has 1 nitrogen and oxygen atoms in total. The van der Waals surface area contributed by atoms with Crippen molar-refractivity contribution in [3.8, 4) is 0 Å². The molecular formula is C11H17N. The van der Waals surface area contributed by atoms with E-state index < -0.39 is 0 Å². The number of nitrogens with zero attached hydrogens (tertiary/aromatic N) is 1. The SMILES string of the molecule is CC=C1/C(=C\C)N=C(C)C1(C)C. The Morgan fingerprint density at radius 3 is 2.08 bits per heavy atom. The molecule has 0 aliphatic carbocycles. The molecule has 0 saturated carbocycles. The third kappa shape index (κ3) is 1.13. The Bertz CT molecular complexity index is 277. The molecule has 1 heteroatoms. The van der Waals surface area contributed by atoms with Crippen LogP contribution in [0.3, 0.4) is 0 Å². The Morgan fingerprint density at radius 1 is 1.17 bits per heavy atom. The number of aliphatic imine (C=N–C) groups is 1. The van der Waals surface area contributed by atoms with E-state index >= 15 is 0 Å². The normalized spacial score (nSPS) is 28.2. The molecule has 0 amide bonds. The Morgan fingerprint density at radius 2 is 1.75 bits per heavy atom. The molecule has 0 unspecified atom stereocenters. The second kappa shape index (κ2) is 2.89. The van der Waals surface area contributed by atoms with Gasteiger partial charge in [0.15, 0.2) is 0 Å². The molecule has 0 N–H and O–H groups in total. The van der Waals surface area contributed by atoms with Gasteiger partial charge in [0, 0.05) is 11.1 Å². The Labute approximate surface area is 74.9 Å². The van der Waals surface area contributed by atoms with Gasteiger partial charge in [0.1, 0.15) is 0 Å². The predicted octanol–water partition coefficient (Wildman–Crippen LogP) is 3.34. The topological polar surface area (TPSA) is 12.4 Å². The maximum absolute atomic E-state index is 4.52. The smallest absolute Gasteiger partial charge is 0.0624 e. The van der Waals surface area contributed by atoms with Crippen LogP contribution in [-0.4, -0.2) is 5.71 Å². The minimum absolute atomic E-state index is 0.136. The summed E-state index contributed by atoms with van der Waals surface area (Å²) in [7, 11) is 0. The van der Waals surface area contributed by atoms with Crippen LogP contribution in [0.1, 0.15) is 34.6 Å². The molecule has 1 aliphatic heterocycles. The monoisotopic (exact) mass is 163 g/mol. The highest BCUT2D eigenvalue weighted by molar-refractivity contribution is 5.95. The molecule has 0 atom stereocenters. The van der Waals surface area contributed by atoms with Gasteiger partial charge in [-0.15, -0.1) is 0 Å². The average molecular weight is 163 g/mol. The van der Waals surface area contributed by atoms with Gasteiger partial charge in [-0.25, -0.2) is 0 Å². The van der Waals surface area contributed by atoms with Crippen LogP contribution in [0.5, 0.6) is 0 Å². The van der Waals surface area contributed by atoms with Crippen LogP contribution >= 0.6 is 0 Å². The van der Waals surface area contributed by atoms with Crippen molar-refractivity contribution in [2.45, 2.75) is 34.6 Å². The van der Waals surface area contributed by atoms with E-state index in [1.807, 2.05) is 6.92 Å². The summed E-state index contributed by atoms with van der Waals surface area (Å²) >= 11 is 0. The zero-order valence-corrected chi connectivity index (χ0v) is 8.60. The highest BCUT2D eigenvalue weighted by atomic mass is 14.8. The van der Waals surface area contributed by atoms with Crippen molar-refractivity contribution in [3.63, 3.8) is 0 Å². The van der Waals surface area contributed by atoms with Crippen molar-refractivity contribution in [1.82, 2.24) is 0 Å². The first-order chi connectivity index (χ1) is 5.54. The summed E-state index contributed by atoms with van der Waals surface area (Å²) in [5, 5.41) is 0. The molecule has 0 saturated heterocycles. The molecule has 1 aliphatic rings. The summed E-state index contributed by atoms with van der Waals surface area (Å²) in [4.78, 5) is 4.52. The van der Waals surface area contributed by atoms with E-state index in [2.05, 4.69) is 44.8 Å². The van der Waals surface area contributed by atoms with Gasteiger partial charge in [-0.1, -0.05) is 26.0 Å². The molecule has 66 valence electrons. The van der Waals surface area contributed by atoms with Crippen molar-refractivity contribution in [2.24, 2.45) is 10.4 Å². The lowest BCUT2D eigenvalue weighted by Crippen LogP contribution is -2.18. The third-order valence-electron chi connectivity index (χ3n) is 2.70. The molecule has 12 heavy (non-hydrogen) atoms. The molecule has 0 spiro atoms. The van der Waals surface area contributed by atoms with Crippen LogP contribution in [0.15, 0.2) is 28.4 Å². The minimum Gasteiger partial charge on any atom is -0.257 e. The number of allylic oxidation sites excluding steroid dienone is 3. The fraction of sp³-hybridized carbons (Fsp3) is 0.545. The lowest BCUT2D eigenvalue weighted by atomic mass is 9.81. The molecule has 0 fully saturated rings. The van der Waals surface area contributed by atoms with Gasteiger partial charge < -0.3 is 0 Å². The van der Waals surface area contributed by atoms with Crippen molar-refractivity contribution in [2.75, 3.05) is 0 Å². The van der Waals surface area contributed by atoms with Crippen LogP contribution in [-0.2, 0) is 0 Å². The van der Waals surface area contributed by atoms with Gasteiger partial charge in [0.05, 0.1) is 5.70 Å². The van der Waals surface area contributed by atoms with Crippen molar-refractivity contribution < 1.29 is 0 Å². The average Bonchev–Trinajstić information content (AvgIpc) is 2.23. The summed E-state index contributed by atoms with van der Waals surface area (Å²) in [5.74, 6) is 0. The van der Waals surface area contributed by atoms with E-state index in [0.29, 0.717) is 0 Å². The van der Waals surface area contributed by atoms with Crippen molar-refractivity contribution >= 4 is 5.71 Å². The summed E-state index contributed by atoms with van der Waals surface area (Å²) < 4.78 is 0. The summed E-state index contributed by atoms with van der Waals surface area (Å²) in [6.45, 7) is 10.7. The molecule has 0 bridgehead atoms. The molecule has 0 aromatic rings. The quantitative estimate of drug-likeness (QED) is 0.519. The van der Waals surface area contributed by atoms with Gasteiger partial charge in [-0.3, -0.25) is 4.99 Å². The zero-order valence-electron chi connectivity index (χ0n) is 8.60. The highest BCUT2D eigenvalue weighted by Crippen LogP contribution is 2.39. The van der Waals surface area contributed by atoms with E-state index in [-0.39, 0.29) is 5.41 Å². The Hall–Kier alpha value is -0.850. The minimum atomic E-state index is 0.136. The lowest BCUT2D eigenvalue weighted by molar-refractivity contribution is 0.652. The standard InChI is InChI=1S/C11H17N/c1-6-9-10(7-2)12-8(3)11(9,4)5/h6-7H,1-5H3/b9-6?,10-7+. The fourth-order valence-corrected chi connectivity index (χ4v) is 1.62. The van der Waals surface area contributed by atoms with Gasteiger partial charge in [-0.05, 0) is 26.3 Å². The molecular weight excluding hydrogens is 146 g/mol. The van der Waals surface area contributed by atoms with E-state index in [9.17, 15) is 0 Å². The summed E-state index contributed by atoms with van der Waals surface area (Å²) in [5.41, 5.74) is 3.84. The third-order valence-corrected chi connectivity index (χ3v) is 2.70. The number of hydrogen-bond donors (Lipinski definition) is 0. The summed E-state index contributed by atoms with van der Waals surface area (Å²) in [6, 6.07) is 0. The van der Waals surface area contributed by atoms with Crippen LogP contribution in [0.4, 0.5) is 0 Å². The molecule has 0 aromatic heterocycles. The van der Waals surface area contributed by atoms with Crippen LogP contribution in [0.25, 0.3) is 0 Å². The largest absolute Gasteiger partial charge is 0.257 e. The molecule has 0 aromatic carbocycles. The van der Waals surface area contributed by atoms with Crippen molar-refractivity contribution in [1.29, 1.82) is 0 Å². The molecule has 0 radical (unpaired) electrons. The first-order valence-corrected chi connectivity index (χ1v) is 4.43. The number of rotatable bonds is 0. The van der Waals surface area contributed by atoms with Gasteiger partial charge in [-0.2, -0.15) is 0 Å². The second-order valence-electron chi connectivity index (χ2n) is 3.70. The first-order valence-electron chi connectivity index (χ1n) is 4.43. The second-order valence-corrected chi connectivity index (χ2v) is 3.70. The van der Waals surface area contributed by atoms with E-state index in [0.717, 1.165) is 5.70 Å². The van der Waals surface area contributed by atoms with Crippen LogP contribution < -0.4 is 0 Å². The maximum atomic E-state index is 4.52. The Kier molecular flexibility index (Phi) is 2.22. The van der Waals surface area contributed by atoms with Crippen LogP contribution in [0, 0.1) is 5.41 Å². The Balaban J connectivity index is 3.21.